The van der Waals surface area contributed by atoms with Gasteiger partial charge in [-0.3, -0.25) is 4.79 Å². The van der Waals surface area contributed by atoms with Crippen molar-refractivity contribution in [1.29, 1.82) is 0 Å². The van der Waals surface area contributed by atoms with E-state index in [1.165, 1.54) is 26.4 Å². The van der Waals surface area contributed by atoms with Gasteiger partial charge < -0.3 is 19.2 Å². The minimum atomic E-state index is -0.738. The Labute approximate surface area is 147 Å². The Hall–Kier alpha value is -2.99. The number of halogens is 1. The monoisotopic (exact) mass is 359 g/mol. The Morgan fingerprint density at radius 2 is 1.88 bits per heavy atom. The molecule has 128 valence electrons. The van der Waals surface area contributed by atoms with E-state index in [0.29, 0.717) is 33.2 Å². The fourth-order valence-corrected chi connectivity index (χ4v) is 2.58. The van der Waals surface area contributed by atoms with Gasteiger partial charge in [-0.1, -0.05) is 11.6 Å². The first-order valence-corrected chi connectivity index (χ1v) is 7.66. The Kier molecular flexibility index (Phi) is 4.63. The summed E-state index contributed by atoms with van der Waals surface area (Å²) in [6, 6.07) is 11.3. The SMILES string of the molecule is COc1ccc2cc(C(=O)Nc3ccc(OC)c(Cl)c3)c(=O)oc2c1. The van der Waals surface area contributed by atoms with E-state index in [0.717, 1.165) is 0 Å². The molecule has 2 aromatic carbocycles. The highest BCUT2D eigenvalue weighted by Gasteiger charge is 2.15. The summed E-state index contributed by atoms with van der Waals surface area (Å²) >= 11 is 6.03. The van der Waals surface area contributed by atoms with Crippen molar-refractivity contribution in [3.8, 4) is 11.5 Å². The Bertz CT molecular complexity index is 1010. The van der Waals surface area contributed by atoms with Crippen molar-refractivity contribution in [2.75, 3.05) is 19.5 Å². The number of carbonyl (C=O) groups excluding carboxylic acids is 1. The van der Waals surface area contributed by atoms with Crippen LogP contribution in [0.1, 0.15) is 10.4 Å². The van der Waals surface area contributed by atoms with Gasteiger partial charge in [0.2, 0.25) is 0 Å². The van der Waals surface area contributed by atoms with E-state index < -0.39 is 11.5 Å². The van der Waals surface area contributed by atoms with Crippen molar-refractivity contribution >= 4 is 34.2 Å². The summed E-state index contributed by atoms with van der Waals surface area (Å²) in [7, 11) is 3.01. The molecule has 0 spiro atoms. The summed E-state index contributed by atoms with van der Waals surface area (Å²) in [6.45, 7) is 0. The molecular formula is C18H14ClNO5. The molecule has 0 bridgehead atoms. The highest BCUT2D eigenvalue weighted by Crippen LogP contribution is 2.27. The fourth-order valence-electron chi connectivity index (χ4n) is 2.32. The topological polar surface area (TPSA) is 77.8 Å². The largest absolute Gasteiger partial charge is 0.497 e. The Morgan fingerprint density at radius 1 is 1.08 bits per heavy atom. The first-order valence-electron chi connectivity index (χ1n) is 7.28. The second-order valence-electron chi connectivity index (χ2n) is 5.15. The quantitative estimate of drug-likeness (QED) is 0.718. The van der Waals surface area contributed by atoms with Gasteiger partial charge in [0, 0.05) is 17.1 Å². The summed E-state index contributed by atoms with van der Waals surface area (Å²) < 4.78 is 15.4. The third-order valence-corrected chi connectivity index (χ3v) is 3.89. The van der Waals surface area contributed by atoms with Gasteiger partial charge >= 0.3 is 5.63 Å². The molecule has 3 rings (SSSR count). The smallest absolute Gasteiger partial charge is 0.349 e. The van der Waals surface area contributed by atoms with Gasteiger partial charge in [0.05, 0.1) is 19.2 Å². The zero-order valence-corrected chi connectivity index (χ0v) is 14.2. The van der Waals surface area contributed by atoms with E-state index in [1.54, 1.807) is 30.3 Å². The van der Waals surface area contributed by atoms with Crippen LogP contribution >= 0.6 is 11.6 Å². The highest BCUT2D eigenvalue weighted by atomic mass is 35.5. The van der Waals surface area contributed by atoms with Crippen molar-refractivity contribution in [1.82, 2.24) is 0 Å². The highest BCUT2D eigenvalue weighted by molar-refractivity contribution is 6.32. The molecule has 1 aromatic heterocycles. The first-order chi connectivity index (χ1) is 12.0. The predicted octanol–water partition coefficient (Wildman–Crippen LogP) is 3.72. The van der Waals surface area contributed by atoms with Crippen molar-refractivity contribution in [3.63, 3.8) is 0 Å². The van der Waals surface area contributed by atoms with E-state index in [4.69, 9.17) is 25.5 Å². The number of rotatable bonds is 4. The third kappa shape index (κ3) is 3.44. The molecule has 0 atom stereocenters. The number of anilines is 1. The van der Waals surface area contributed by atoms with Gasteiger partial charge in [0.25, 0.3) is 5.91 Å². The van der Waals surface area contributed by atoms with Gasteiger partial charge in [0.15, 0.2) is 0 Å². The number of nitrogens with one attached hydrogen (secondary N) is 1. The maximum absolute atomic E-state index is 12.4. The molecule has 1 heterocycles. The van der Waals surface area contributed by atoms with Gasteiger partial charge in [0.1, 0.15) is 22.6 Å². The lowest BCUT2D eigenvalue weighted by Crippen LogP contribution is -2.20. The lowest BCUT2D eigenvalue weighted by atomic mass is 10.1. The van der Waals surface area contributed by atoms with E-state index in [2.05, 4.69) is 5.32 Å². The number of fused-ring (bicyclic) bond motifs is 1. The van der Waals surface area contributed by atoms with Crippen LogP contribution in [0.2, 0.25) is 5.02 Å². The standard InChI is InChI=1S/C18H14ClNO5/c1-23-12-5-3-10-7-13(18(22)25-16(10)9-12)17(21)20-11-4-6-15(24-2)14(19)8-11/h3-9H,1-2H3,(H,20,21). The number of amides is 1. The van der Waals surface area contributed by atoms with Crippen LogP contribution in [0.15, 0.2) is 51.7 Å². The predicted molar refractivity (Wildman–Crippen MR) is 95.0 cm³/mol. The van der Waals surface area contributed by atoms with Crippen molar-refractivity contribution in [3.05, 3.63) is 63.5 Å². The summed E-state index contributed by atoms with van der Waals surface area (Å²) in [5, 5.41) is 3.57. The average Bonchev–Trinajstić information content (AvgIpc) is 2.60. The van der Waals surface area contributed by atoms with Crippen LogP contribution in [-0.4, -0.2) is 20.1 Å². The number of ether oxygens (including phenoxy) is 2. The molecule has 6 nitrogen and oxygen atoms in total. The van der Waals surface area contributed by atoms with Crippen LogP contribution in [0.5, 0.6) is 11.5 Å². The maximum Gasteiger partial charge on any atom is 0.349 e. The normalized spacial score (nSPS) is 10.5. The number of carbonyl (C=O) groups is 1. The van der Waals surface area contributed by atoms with Crippen LogP contribution in [-0.2, 0) is 0 Å². The van der Waals surface area contributed by atoms with E-state index in [1.807, 2.05) is 0 Å². The van der Waals surface area contributed by atoms with Crippen molar-refractivity contribution in [2.24, 2.45) is 0 Å². The number of methoxy groups -OCH3 is 2. The summed E-state index contributed by atoms with van der Waals surface area (Å²) in [6.07, 6.45) is 0. The first kappa shape index (κ1) is 16.9. The van der Waals surface area contributed by atoms with E-state index in [9.17, 15) is 9.59 Å². The molecule has 1 N–H and O–H groups in total. The van der Waals surface area contributed by atoms with Crippen LogP contribution in [0, 0.1) is 0 Å². The molecule has 0 unspecified atom stereocenters. The van der Waals surface area contributed by atoms with Crippen LogP contribution in [0.25, 0.3) is 11.0 Å². The molecule has 0 radical (unpaired) electrons. The summed E-state index contributed by atoms with van der Waals surface area (Å²) in [5.41, 5.74) is -0.0686. The average molecular weight is 360 g/mol. The van der Waals surface area contributed by atoms with Crippen LogP contribution < -0.4 is 20.4 Å². The number of hydrogen-bond acceptors (Lipinski definition) is 5. The number of hydrogen-bond donors (Lipinski definition) is 1. The molecule has 0 aliphatic carbocycles. The molecule has 0 aliphatic rings. The summed E-state index contributed by atoms with van der Waals surface area (Å²) in [5.74, 6) is 0.451. The van der Waals surface area contributed by atoms with Crippen molar-refractivity contribution in [2.45, 2.75) is 0 Å². The Balaban J connectivity index is 1.93. The van der Waals surface area contributed by atoms with Gasteiger partial charge in [-0.2, -0.15) is 0 Å². The van der Waals surface area contributed by atoms with Gasteiger partial charge in [-0.25, -0.2) is 4.79 Å². The lowest BCUT2D eigenvalue weighted by Gasteiger charge is -2.08. The van der Waals surface area contributed by atoms with Crippen LogP contribution in [0.3, 0.4) is 0 Å². The van der Waals surface area contributed by atoms with E-state index >= 15 is 0 Å². The molecule has 0 saturated heterocycles. The molecule has 0 saturated carbocycles. The van der Waals surface area contributed by atoms with Crippen molar-refractivity contribution < 1.29 is 18.7 Å². The minimum Gasteiger partial charge on any atom is -0.497 e. The van der Waals surface area contributed by atoms with Crippen LogP contribution in [0.4, 0.5) is 5.69 Å². The molecular weight excluding hydrogens is 346 g/mol. The molecule has 3 aromatic rings. The lowest BCUT2D eigenvalue weighted by molar-refractivity contribution is 0.102. The second-order valence-corrected chi connectivity index (χ2v) is 5.56. The molecule has 25 heavy (non-hydrogen) atoms. The van der Waals surface area contributed by atoms with E-state index in [-0.39, 0.29) is 5.56 Å². The zero-order chi connectivity index (χ0) is 18.0. The molecule has 0 fully saturated rings. The molecule has 0 aliphatic heterocycles. The second kappa shape index (κ2) is 6.86. The summed E-state index contributed by atoms with van der Waals surface area (Å²) in [4.78, 5) is 24.5. The third-order valence-electron chi connectivity index (χ3n) is 3.60. The molecule has 7 heteroatoms. The van der Waals surface area contributed by atoms with Gasteiger partial charge in [-0.15, -0.1) is 0 Å². The number of benzene rings is 2. The Morgan fingerprint density at radius 3 is 2.56 bits per heavy atom. The minimum absolute atomic E-state index is 0.107. The zero-order valence-electron chi connectivity index (χ0n) is 13.5. The fraction of sp³-hybridized carbons (Fsp3) is 0.111. The van der Waals surface area contributed by atoms with Gasteiger partial charge in [-0.05, 0) is 36.4 Å². The maximum atomic E-state index is 12.4. The molecule has 1 amide bonds.